The van der Waals surface area contributed by atoms with E-state index in [-0.39, 0.29) is 12.0 Å². The van der Waals surface area contributed by atoms with E-state index < -0.39 is 5.60 Å². The first-order chi connectivity index (χ1) is 7.72. The third kappa shape index (κ3) is 2.27. The predicted octanol–water partition coefficient (Wildman–Crippen LogP) is 2.58. The van der Waals surface area contributed by atoms with Crippen LogP contribution in [0.4, 0.5) is 0 Å². The summed E-state index contributed by atoms with van der Waals surface area (Å²) in [7, 11) is 0. The normalized spacial score (nSPS) is 29.6. The molecular formula is C13H24O2S. The first kappa shape index (κ1) is 12.7. The van der Waals surface area contributed by atoms with Crippen molar-refractivity contribution in [1.82, 2.24) is 0 Å². The average Bonchev–Trinajstić information content (AvgIpc) is 2.56. The Bertz CT molecular complexity index is 216. The van der Waals surface area contributed by atoms with Gasteiger partial charge in [-0.1, -0.05) is 25.7 Å². The van der Waals surface area contributed by atoms with Crippen molar-refractivity contribution in [3.63, 3.8) is 0 Å². The summed E-state index contributed by atoms with van der Waals surface area (Å²) in [6, 6.07) is 0. The summed E-state index contributed by atoms with van der Waals surface area (Å²) >= 11 is 1.93. The Hall–Kier alpha value is 0.270. The summed E-state index contributed by atoms with van der Waals surface area (Å²) in [6.45, 7) is 0.175. The molecule has 1 aliphatic carbocycles. The van der Waals surface area contributed by atoms with Gasteiger partial charge >= 0.3 is 0 Å². The van der Waals surface area contributed by atoms with Crippen molar-refractivity contribution in [3.05, 3.63) is 0 Å². The van der Waals surface area contributed by atoms with Gasteiger partial charge in [-0.25, -0.2) is 0 Å². The summed E-state index contributed by atoms with van der Waals surface area (Å²) in [5.74, 6) is 2.11. The summed E-state index contributed by atoms with van der Waals surface area (Å²) < 4.78 is 0. The van der Waals surface area contributed by atoms with Crippen molar-refractivity contribution in [1.29, 1.82) is 0 Å². The highest BCUT2D eigenvalue weighted by molar-refractivity contribution is 7.99. The molecule has 2 nitrogen and oxygen atoms in total. The highest BCUT2D eigenvalue weighted by Crippen LogP contribution is 2.49. The van der Waals surface area contributed by atoms with Gasteiger partial charge in [-0.2, -0.15) is 11.8 Å². The molecule has 2 rings (SSSR count). The number of aliphatic hydroxyl groups is 2. The molecule has 2 aliphatic rings. The minimum atomic E-state index is -0.586. The highest BCUT2D eigenvalue weighted by Gasteiger charge is 2.49. The first-order valence-electron chi connectivity index (χ1n) is 6.63. The number of rotatable bonds is 2. The van der Waals surface area contributed by atoms with E-state index in [1.807, 2.05) is 11.8 Å². The van der Waals surface area contributed by atoms with Crippen molar-refractivity contribution in [2.75, 3.05) is 18.1 Å². The first-order valence-corrected chi connectivity index (χ1v) is 7.79. The number of aliphatic hydroxyl groups excluding tert-OH is 1. The molecule has 1 heterocycles. The molecule has 0 bridgehead atoms. The lowest BCUT2D eigenvalue weighted by molar-refractivity contribution is -0.123. The fourth-order valence-electron chi connectivity index (χ4n) is 3.42. The maximum absolute atomic E-state index is 10.9. The van der Waals surface area contributed by atoms with Gasteiger partial charge in [0.05, 0.1) is 12.2 Å². The monoisotopic (exact) mass is 244 g/mol. The van der Waals surface area contributed by atoms with Crippen LogP contribution in [0.25, 0.3) is 0 Å². The van der Waals surface area contributed by atoms with Crippen molar-refractivity contribution in [3.8, 4) is 0 Å². The van der Waals surface area contributed by atoms with Gasteiger partial charge < -0.3 is 10.2 Å². The molecule has 0 aromatic rings. The lowest BCUT2D eigenvalue weighted by atomic mass is 9.65. The molecule has 1 saturated carbocycles. The van der Waals surface area contributed by atoms with Crippen LogP contribution in [0, 0.1) is 5.41 Å². The standard InChI is InChI=1S/C13H24O2S/c14-11-12(5-3-1-2-4-6-12)13(15)7-9-16-10-8-13/h14-15H,1-11H2. The van der Waals surface area contributed by atoms with Gasteiger partial charge in [-0.15, -0.1) is 0 Å². The molecule has 1 aliphatic heterocycles. The smallest absolute Gasteiger partial charge is 0.0741 e. The molecule has 0 atom stereocenters. The Morgan fingerprint density at radius 1 is 0.875 bits per heavy atom. The lowest BCUT2D eigenvalue weighted by Crippen LogP contribution is -2.52. The maximum Gasteiger partial charge on any atom is 0.0741 e. The van der Waals surface area contributed by atoms with Crippen LogP contribution < -0.4 is 0 Å². The Kier molecular flexibility index (Phi) is 4.20. The van der Waals surface area contributed by atoms with Crippen LogP contribution in [-0.4, -0.2) is 33.9 Å². The van der Waals surface area contributed by atoms with Crippen LogP contribution in [0.3, 0.4) is 0 Å². The van der Waals surface area contributed by atoms with Crippen LogP contribution in [-0.2, 0) is 0 Å². The van der Waals surface area contributed by atoms with Gasteiger partial charge in [0, 0.05) is 5.41 Å². The molecule has 0 spiro atoms. The summed E-state index contributed by atoms with van der Waals surface area (Å²) in [4.78, 5) is 0. The van der Waals surface area contributed by atoms with Gasteiger partial charge in [-0.3, -0.25) is 0 Å². The summed E-state index contributed by atoms with van der Waals surface area (Å²) in [6.07, 6.45) is 8.68. The minimum Gasteiger partial charge on any atom is -0.396 e. The highest BCUT2D eigenvalue weighted by atomic mass is 32.2. The predicted molar refractivity (Wildman–Crippen MR) is 68.7 cm³/mol. The van der Waals surface area contributed by atoms with E-state index in [0.717, 1.165) is 37.2 Å². The second-order valence-corrected chi connectivity index (χ2v) is 6.72. The Labute approximate surface area is 103 Å². The van der Waals surface area contributed by atoms with Gasteiger partial charge in [0.2, 0.25) is 0 Å². The summed E-state index contributed by atoms with van der Waals surface area (Å²) in [5.41, 5.74) is -0.776. The van der Waals surface area contributed by atoms with E-state index in [9.17, 15) is 10.2 Å². The fourth-order valence-corrected chi connectivity index (χ4v) is 4.58. The topological polar surface area (TPSA) is 40.5 Å². The molecule has 0 unspecified atom stereocenters. The van der Waals surface area contributed by atoms with E-state index in [1.54, 1.807) is 0 Å². The molecule has 1 saturated heterocycles. The second kappa shape index (κ2) is 5.28. The zero-order valence-corrected chi connectivity index (χ0v) is 10.9. The van der Waals surface area contributed by atoms with Crippen molar-refractivity contribution in [2.24, 2.45) is 5.41 Å². The maximum atomic E-state index is 10.9. The quantitative estimate of drug-likeness (QED) is 0.734. The van der Waals surface area contributed by atoms with E-state index in [1.165, 1.54) is 25.7 Å². The van der Waals surface area contributed by atoms with E-state index in [2.05, 4.69) is 0 Å². The Morgan fingerprint density at radius 2 is 1.44 bits per heavy atom. The molecule has 16 heavy (non-hydrogen) atoms. The molecule has 94 valence electrons. The van der Waals surface area contributed by atoms with E-state index in [0.29, 0.717) is 0 Å². The Morgan fingerprint density at radius 3 is 1.94 bits per heavy atom. The van der Waals surface area contributed by atoms with E-state index in [4.69, 9.17) is 0 Å². The van der Waals surface area contributed by atoms with Crippen molar-refractivity contribution < 1.29 is 10.2 Å². The molecule has 0 aromatic carbocycles. The molecule has 2 fully saturated rings. The van der Waals surface area contributed by atoms with Gasteiger partial charge in [0.15, 0.2) is 0 Å². The van der Waals surface area contributed by atoms with Gasteiger partial charge in [-0.05, 0) is 37.2 Å². The zero-order chi connectivity index (χ0) is 11.5. The zero-order valence-electron chi connectivity index (χ0n) is 10.1. The molecule has 3 heteroatoms. The van der Waals surface area contributed by atoms with Crippen LogP contribution in [0.1, 0.15) is 51.4 Å². The van der Waals surface area contributed by atoms with E-state index >= 15 is 0 Å². The van der Waals surface area contributed by atoms with Crippen LogP contribution in [0.2, 0.25) is 0 Å². The second-order valence-electron chi connectivity index (χ2n) is 5.50. The molecule has 0 aromatic heterocycles. The van der Waals surface area contributed by atoms with Crippen molar-refractivity contribution in [2.45, 2.75) is 57.0 Å². The average molecular weight is 244 g/mol. The third-order valence-corrected chi connectivity index (χ3v) is 5.66. The molecular weight excluding hydrogens is 220 g/mol. The molecule has 0 amide bonds. The Balaban J connectivity index is 2.16. The van der Waals surface area contributed by atoms with Crippen molar-refractivity contribution >= 4 is 11.8 Å². The van der Waals surface area contributed by atoms with Crippen LogP contribution in [0.5, 0.6) is 0 Å². The van der Waals surface area contributed by atoms with Gasteiger partial charge in [0.25, 0.3) is 0 Å². The SMILES string of the molecule is OCC1(C2(O)CCSCC2)CCCCCC1. The third-order valence-electron chi connectivity index (χ3n) is 4.67. The van der Waals surface area contributed by atoms with Gasteiger partial charge in [0.1, 0.15) is 0 Å². The largest absolute Gasteiger partial charge is 0.396 e. The molecule has 0 radical (unpaired) electrons. The number of thioether (sulfide) groups is 1. The summed E-state index contributed by atoms with van der Waals surface area (Å²) in [5, 5.41) is 20.7. The van der Waals surface area contributed by atoms with Crippen LogP contribution >= 0.6 is 11.8 Å². The minimum absolute atomic E-state index is 0.175. The number of hydrogen-bond donors (Lipinski definition) is 2. The fraction of sp³-hybridized carbons (Fsp3) is 1.00. The molecule has 2 N–H and O–H groups in total. The van der Waals surface area contributed by atoms with Crippen LogP contribution in [0.15, 0.2) is 0 Å². The number of hydrogen-bond acceptors (Lipinski definition) is 3. The lowest BCUT2D eigenvalue weighted by Gasteiger charge is -2.48.